The molecule has 0 bridgehead atoms. The second kappa shape index (κ2) is 11.2. The zero-order chi connectivity index (χ0) is 30.4. The number of hydrogen-bond acceptors (Lipinski definition) is 6. The highest BCUT2D eigenvalue weighted by Crippen LogP contribution is 2.47. The summed E-state index contributed by atoms with van der Waals surface area (Å²) in [7, 11) is 1.39. The van der Waals surface area contributed by atoms with Gasteiger partial charge in [0.25, 0.3) is 12.3 Å². The molecule has 1 aliphatic carbocycles. The van der Waals surface area contributed by atoms with Gasteiger partial charge in [0.05, 0.1) is 35.7 Å². The van der Waals surface area contributed by atoms with Crippen molar-refractivity contribution in [3.8, 4) is 17.0 Å². The normalized spacial score (nSPS) is 15.1. The van der Waals surface area contributed by atoms with E-state index in [1.165, 1.54) is 55.6 Å². The zero-order valence-electron chi connectivity index (χ0n) is 23.1. The van der Waals surface area contributed by atoms with Crippen LogP contribution in [0.1, 0.15) is 60.3 Å². The van der Waals surface area contributed by atoms with Crippen molar-refractivity contribution in [3.05, 3.63) is 88.0 Å². The maximum absolute atomic E-state index is 13.6. The number of pyridine rings is 2. The van der Waals surface area contributed by atoms with Crippen LogP contribution in [-0.2, 0) is 11.2 Å². The molecule has 1 aliphatic rings. The van der Waals surface area contributed by atoms with Crippen molar-refractivity contribution in [1.29, 1.82) is 0 Å². The Bertz CT molecular complexity index is 1660. The van der Waals surface area contributed by atoms with E-state index in [0.29, 0.717) is 34.9 Å². The number of halogens is 4. The SMILES string of the molecule is COc1cc(C(=O)NC[C@](O)(c2cc(C(C)(C)O)c(Cl)c(-c3ccc(F)cc3)n2)C2CC2)cc2cc(C(F)F)cnc12. The number of carbonyl (C=O) groups excluding carboxylic acids is 1. The summed E-state index contributed by atoms with van der Waals surface area (Å²) in [5.74, 6) is -1.04. The van der Waals surface area contributed by atoms with Crippen LogP contribution < -0.4 is 10.1 Å². The first-order chi connectivity index (χ1) is 19.8. The van der Waals surface area contributed by atoms with Crippen molar-refractivity contribution in [3.63, 3.8) is 0 Å². The van der Waals surface area contributed by atoms with Crippen LogP contribution in [0.4, 0.5) is 13.2 Å². The summed E-state index contributed by atoms with van der Waals surface area (Å²) in [6.45, 7) is 2.85. The molecule has 11 heteroatoms. The van der Waals surface area contributed by atoms with Crippen LogP contribution in [0, 0.1) is 11.7 Å². The standard InChI is InChI=1S/C31H29ClF3N3O4/c1-30(2,40)22-13-24(38-27(25(22)32)16-4-8-21(33)9-5-16)31(41,20-6-7-20)15-37-29(39)18-10-17-11-19(28(34)35)14-36-26(17)23(12-18)42-3/h4-5,8-14,20,28,40-41H,6-7,15H2,1-3H3,(H,37,39)/t31-/m1/s1. The third-order valence-corrected chi connectivity index (χ3v) is 7.84. The van der Waals surface area contributed by atoms with Crippen molar-refractivity contribution in [2.24, 2.45) is 5.92 Å². The van der Waals surface area contributed by atoms with Crippen LogP contribution >= 0.6 is 11.6 Å². The molecule has 0 spiro atoms. The van der Waals surface area contributed by atoms with Gasteiger partial charge in [-0.25, -0.2) is 18.2 Å². The fourth-order valence-electron chi connectivity index (χ4n) is 4.96. The minimum Gasteiger partial charge on any atom is -0.494 e. The third-order valence-electron chi connectivity index (χ3n) is 7.45. The van der Waals surface area contributed by atoms with E-state index >= 15 is 0 Å². The van der Waals surface area contributed by atoms with Gasteiger partial charge in [-0.3, -0.25) is 9.78 Å². The first kappa shape index (κ1) is 29.8. The molecule has 5 rings (SSSR count). The number of aliphatic hydroxyl groups is 2. The highest BCUT2D eigenvalue weighted by Gasteiger charge is 2.47. The minimum absolute atomic E-state index is 0.124. The van der Waals surface area contributed by atoms with Crippen molar-refractivity contribution in [2.75, 3.05) is 13.7 Å². The molecule has 4 aromatic rings. The van der Waals surface area contributed by atoms with Crippen LogP contribution in [-0.4, -0.2) is 39.7 Å². The van der Waals surface area contributed by atoms with E-state index in [2.05, 4.69) is 15.3 Å². The van der Waals surface area contributed by atoms with E-state index in [1.54, 1.807) is 13.8 Å². The molecular weight excluding hydrogens is 571 g/mol. The number of rotatable bonds is 9. The molecule has 3 N–H and O–H groups in total. The lowest BCUT2D eigenvalue weighted by Crippen LogP contribution is -2.43. The predicted molar refractivity (Wildman–Crippen MR) is 152 cm³/mol. The topological polar surface area (TPSA) is 105 Å². The molecule has 0 aliphatic heterocycles. The summed E-state index contributed by atoms with van der Waals surface area (Å²) in [4.78, 5) is 22.1. The summed E-state index contributed by atoms with van der Waals surface area (Å²) in [5.41, 5.74) is -1.67. The number of amides is 1. The quantitative estimate of drug-likeness (QED) is 0.209. The fraction of sp³-hybridized carbons (Fsp3) is 0.323. The highest BCUT2D eigenvalue weighted by atomic mass is 35.5. The second-order valence-electron chi connectivity index (χ2n) is 11.0. The number of benzene rings is 2. The summed E-state index contributed by atoms with van der Waals surface area (Å²) in [6.07, 6.45) is -0.329. The maximum atomic E-state index is 13.6. The van der Waals surface area contributed by atoms with Crippen molar-refractivity contribution in [2.45, 2.75) is 44.3 Å². The second-order valence-corrected chi connectivity index (χ2v) is 11.4. The Labute approximate surface area is 245 Å². The Balaban J connectivity index is 1.52. The van der Waals surface area contributed by atoms with E-state index in [0.717, 1.165) is 6.20 Å². The van der Waals surface area contributed by atoms with Gasteiger partial charge in [-0.1, -0.05) is 11.6 Å². The van der Waals surface area contributed by atoms with Crippen LogP contribution in [0.5, 0.6) is 5.75 Å². The summed E-state index contributed by atoms with van der Waals surface area (Å²) in [6, 6.07) is 11.2. The Morgan fingerprint density at radius 1 is 1.14 bits per heavy atom. The lowest BCUT2D eigenvalue weighted by molar-refractivity contribution is 0.00889. The average molecular weight is 600 g/mol. The van der Waals surface area contributed by atoms with Crippen LogP contribution in [0.3, 0.4) is 0 Å². The van der Waals surface area contributed by atoms with E-state index in [-0.39, 0.29) is 45.7 Å². The number of nitrogens with zero attached hydrogens (tertiary/aromatic N) is 2. The van der Waals surface area contributed by atoms with Crippen molar-refractivity contribution < 1.29 is 32.9 Å². The number of nitrogens with one attached hydrogen (secondary N) is 1. The molecule has 7 nitrogen and oxygen atoms in total. The zero-order valence-corrected chi connectivity index (χ0v) is 23.8. The van der Waals surface area contributed by atoms with Gasteiger partial charge in [-0.2, -0.15) is 0 Å². The maximum Gasteiger partial charge on any atom is 0.265 e. The Morgan fingerprint density at radius 2 is 1.83 bits per heavy atom. The number of fused-ring (bicyclic) bond motifs is 1. The predicted octanol–water partition coefficient (Wildman–Crippen LogP) is 6.29. The van der Waals surface area contributed by atoms with Crippen LogP contribution in [0.2, 0.25) is 5.02 Å². The first-order valence-corrected chi connectivity index (χ1v) is 13.7. The van der Waals surface area contributed by atoms with Gasteiger partial charge in [-0.15, -0.1) is 0 Å². The van der Waals surface area contributed by atoms with Gasteiger partial charge >= 0.3 is 0 Å². The summed E-state index contributed by atoms with van der Waals surface area (Å²) >= 11 is 6.67. The molecule has 1 amide bonds. The lowest BCUT2D eigenvalue weighted by atomic mass is 9.88. The van der Waals surface area contributed by atoms with E-state index in [9.17, 15) is 28.2 Å². The Hall–Kier alpha value is -3.73. The molecule has 2 aromatic heterocycles. The Kier molecular flexibility index (Phi) is 7.91. The van der Waals surface area contributed by atoms with E-state index < -0.39 is 29.4 Å². The molecule has 220 valence electrons. The van der Waals surface area contributed by atoms with E-state index in [1.807, 2.05) is 0 Å². The number of aromatic nitrogens is 2. The molecule has 1 fully saturated rings. The van der Waals surface area contributed by atoms with Gasteiger partial charge in [0.15, 0.2) is 0 Å². The smallest absolute Gasteiger partial charge is 0.265 e. The molecule has 2 heterocycles. The lowest BCUT2D eigenvalue weighted by Gasteiger charge is -2.31. The third kappa shape index (κ3) is 5.79. The molecule has 0 saturated heterocycles. The van der Waals surface area contributed by atoms with Gasteiger partial charge in [-0.05, 0) is 81.1 Å². The molecule has 1 saturated carbocycles. The average Bonchev–Trinajstić information content (AvgIpc) is 3.81. The molecule has 0 unspecified atom stereocenters. The fourth-order valence-corrected chi connectivity index (χ4v) is 5.39. The molecular formula is C31H29ClF3N3O4. The number of alkyl halides is 2. The number of ether oxygens (including phenoxy) is 1. The van der Waals surface area contributed by atoms with Crippen LogP contribution in [0.15, 0.2) is 54.7 Å². The van der Waals surface area contributed by atoms with Gasteiger partial charge in [0.2, 0.25) is 0 Å². The molecule has 42 heavy (non-hydrogen) atoms. The molecule has 1 atom stereocenters. The molecule has 0 radical (unpaired) electrons. The minimum atomic E-state index is -2.74. The van der Waals surface area contributed by atoms with Crippen molar-refractivity contribution >= 4 is 28.4 Å². The number of carbonyl (C=O) groups is 1. The van der Waals surface area contributed by atoms with Crippen LogP contribution in [0.25, 0.3) is 22.2 Å². The number of methoxy groups -OCH3 is 1. The summed E-state index contributed by atoms with van der Waals surface area (Å²) in [5, 5.41) is 26.1. The number of hydrogen-bond donors (Lipinski definition) is 3. The van der Waals surface area contributed by atoms with Gasteiger partial charge < -0.3 is 20.3 Å². The van der Waals surface area contributed by atoms with Crippen molar-refractivity contribution in [1.82, 2.24) is 15.3 Å². The van der Waals surface area contributed by atoms with Gasteiger partial charge in [0, 0.05) is 33.8 Å². The van der Waals surface area contributed by atoms with E-state index in [4.69, 9.17) is 16.3 Å². The Morgan fingerprint density at radius 3 is 2.43 bits per heavy atom. The highest BCUT2D eigenvalue weighted by molar-refractivity contribution is 6.34. The largest absolute Gasteiger partial charge is 0.494 e. The monoisotopic (exact) mass is 599 g/mol. The summed E-state index contributed by atoms with van der Waals surface area (Å²) < 4.78 is 45.6. The molecule has 2 aromatic carbocycles. The first-order valence-electron chi connectivity index (χ1n) is 13.3. The van der Waals surface area contributed by atoms with Gasteiger partial charge in [0.1, 0.15) is 22.7 Å².